The van der Waals surface area contributed by atoms with Gasteiger partial charge in [-0.15, -0.1) is 0 Å². The van der Waals surface area contributed by atoms with Crippen LogP contribution in [-0.4, -0.2) is 32.9 Å². The zero-order valence-corrected chi connectivity index (χ0v) is 13.6. The molecule has 0 atom stereocenters. The van der Waals surface area contributed by atoms with Gasteiger partial charge in [0.15, 0.2) is 0 Å². The topological polar surface area (TPSA) is 66.9 Å². The summed E-state index contributed by atoms with van der Waals surface area (Å²) in [6.07, 6.45) is 0. The number of ether oxygens (including phenoxy) is 1. The van der Waals surface area contributed by atoms with Gasteiger partial charge in [0.25, 0.3) is 10.0 Å². The Morgan fingerprint density at radius 3 is 2.43 bits per heavy atom. The van der Waals surface area contributed by atoms with Crippen LogP contribution in [0.25, 0.3) is 0 Å². The zero-order valence-electron chi connectivity index (χ0n) is 12.8. The maximum Gasteiger partial charge on any atom is 0.338 e. The minimum absolute atomic E-state index is 0.00217. The third kappa shape index (κ3) is 2.53. The second-order valence-electron chi connectivity index (χ2n) is 5.17. The van der Waals surface area contributed by atoms with Crippen molar-refractivity contribution in [2.24, 2.45) is 0 Å². The van der Waals surface area contributed by atoms with Gasteiger partial charge in [0.05, 0.1) is 19.3 Å². The van der Waals surface area contributed by atoms with Gasteiger partial charge < -0.3 is 4.74 Å². The summed E-state index contributed by atoms with van der Waals surface area (Å²) in [5.74, 6) is 0.495. The summed E-state index contributed by atoms with van der Waals surface area (Å²) in [6, 6.07) is 13.0. The fourth-order valence-corrected chi connectivity index (χ4v) is 4.08. The molecule has 1 heterocycles. The van der Waals surface area contributed by atoms with Crippen LogP contribution in [0.3, 0.4) is 0 Å². The minimum Gasteiger partial charge on any atom is -0.497 e. The number of methoxy groups -OCH3 is 1. The number of nitrogens with zero attached hydrogens (tertiary/aromatic N) is 2. The molecular formula is C16H16N2O4S. The second kappa shape index (κ2) is 5.58. The lowest BCUT2D eigenvalue weighted by Gasteiger charge is -2.34. The molecule has 120 valence electrons. The smallest absolute Gasteiger partial charge is 0.338 e. The lowest BCUT2D eigenvalue weighted by molar-refractivity contribution is 0.228. The predicted octanol–water partition coefficient (Wildman–Crippen LogP) is 2.46. The normalized spacial score (nSPS) is 16.2. The Morgan fingerprint density at radius 1 is 1.09 bits per heavy atom. The molecule has 0 saturated heterocycles. The van der Waals surface area contributed by atoms with Crippen molar-refractivity contribution in [2.45, 2.75) is 11.4 Å². The highest BCUT2D eigenvalue weighted by Crippen LogP contribution is 2.36. The molecule has 3 rings (SSSR count). The van der Waals surface area contributed by atoms with Crippen molar-refractivity contribution in [3.8, 4) is 5.75 Å². The molecule has 6 nitrogen and oxygen atoms in total. The van der Waals surface area contributed by atoms with Crippen molar-refractivity contribution in [2.75, 3.05) is 19.1 Å². The molecule has 0 aromatic heterocycles. The first-order valence-corrected chi connectivity index (χ1v) is 8.41. The molecule has 0 bridgehead atoms. The number of hydrogen-bond donors (Lipinski definition) is 0. The number of fused-ring (bicyclic) bond motifs is 1. The number of amides is 2. The van der Waals surface area contributed by atoms with E-state index in [9.17, 15) is 13.2 Å². The largest absolute Gasteiger partial charge is 0.497 e. The van der Waals surface area contributed by atoms with E-state index in [4.69, 9.17) is 4.74 Å². The molecule has 0 aliphatic carbocycles. The Morgan fingerprint density at radius 2 is 1.78 bits per heavy atom. The van der Waals surface area contributed by atoms with Crippen molar-refractivity contribution >= 4 is 21.7 Å². The molecule has 2 aromatic rings. The van der Waals surface area contributed by atoms with E-state index in [1.165, 1.54) is 18.1 Å². The SMILES string of the molecule is COc1ccc2c(c1)N(C)C(=O)N(Cc1ccccc1)S2(=O)=O. The fraction of sp³-hybridized carbons (Fsp3) is 0.188. The van der Waals surface area contributed by atoms with Gasteiger partial charge in [-0.05, 0) is 17.7 Å². The van der Waals surface area contributed by atoms with Gasteiger partial charge in [-0.3, -0.25) is 4.90 Å². The van der Waals surface area contributed by atoms with Crippen LogP contribution in [0.5, 0.6) is 5.75 Å². The summed E-state index contributed by atoms with van der Waals surface area (Å²) in [6.45, 7) is -0.00217. The van der Waals surface area contributed by atoms with Crippen molar-refractivity contribution in [3.63, 3.8) is 0 Å². The summed E-state index contributed by atoms with van der Waals surface area (Å²) < 4.78 is 31.6. The third-order valence-electron chi connectivity index (χ3n) is 3.76. The van der Waals surface area contributed by atoms with Crippen LogP contribution in [-0.2, 0) is 16.6 Å². The van der Waals surface area contributed by atoms with Gasteiger partial charge in [0, 0.05) is 13.1 Å². The van der Waals surface area contributed by atoms with Crippen molar-refractivity contribution in [1.82, 2.24) is 4.31 Å². The van der Waals surface area contributed by atoms with E-state index in [1.54, 1.807) is 43.4 Å². The summed E-state index contributed by atoms with van der Waals surface area (Å²) in [7, 11) is -0.864. The number of rotatable bonds is 3. The van der Waals surface area contributed by atoms with E-state index in [-0.39, 0.29) is 11.4 Å². The highest BCUT2D eigenvalue weighted by molar-refractivity contribution is 7.90. The first-order chi connectivity index (χ1) is 10.9. The van der Waals surface area contributed by atoms with Crippen LogP contribution in [0.15, 0.2) is 53.4 Å². The molecule has 2 amide bonds. The monoisotopic (exact) mass is 332 g/mol. The summed E-state index contributed by atoms with van der Waals surface area (Å²) in [5.41, 5.74) is 1.06. The number of sulfonamides is 1. The Balaban J connectivity index is 2.08. The molecule has 1 aliphatic heterocycles. The quantitative estimate of drug-likeness (QED) is 0.866. The van der Waals surface area contributed by atoms with Crippen LogP contribution in [0.1, 0.15) is 5.56 Å². The standard InChI is InChI=1S/C16H16N2O4S/c1-17-14-10-13(22-2)8-9-15(14)23(20,21)18(16(17)19)11-12-6-4-3-5-7-12/h3-10H,11H2,1-2H3. The van der Waals surface area contributed by atoms with E-state index < -0.39 is 16.1 Å². The van der Waals surface area contributed by atoms with Crippen molar-refractivity contribution in [1.29, 1.82) is 0 Å². The average molecular weight is 332 g/mol. The minimum atomic E-state index is -3.90. The van der Waals surface area contributed by atoms with Gasteiger partial charge in [-0.1, -0.05) is 30.3 Å². The first-order valence-electron chi connectivity index (χ1n) is 6.97. The van der Waals surface area contributed by atoms with Crippen LogP contribution in [0.4, 0.5) is 10.5 Å². The van der Waals surface area contributed by atoms with Gasteiger partial charge in [0.2, 0.25) is 0 Å². The van der Waals surface area contributed by atoms with Gasteiger partial charge in [-0.2, -0.15) is 0 Å². The van der Waals surface area contributed by atoms with Crippen LogP contribution < -0.4 is 9.64 Å². The highest BCUT2D eigenvalue weighted by atomic mass is 32.2. The second-order valence-corrected chi connectivity index (χ2v) is 7.00. The lowest BCUT2D eigenvalue weighted by atomic mass is 10.2. The molecule has 2 aromatic carbocycles. The number of benzene rings is 2. The molecule has 7 heteroatoms. The first kappa shape index (κ1) is 15.4. The molecule has 1 aliphatic rings. The molecular weight excluding hydrogens is 316 g/mol. The fourth-order valence-electron chi connectivity index (χ4n) is 2.50. The highest BCUT2D eigenvalue weighted by Gasteiger charge is 2.40. The van der Waals surface area contributed by atoms with E-state index in [2.05, 4.69) is 0 Å². The van der Waals surface area contributed by atoms with Gasteiger partial charge in [0.1, 0.15) is 10.6 Å². The molecule has 0 fully saturated rings. The number of urea groups is 1. The van der Waals surface area contributed by atoms with E-state index in [0.717, 1.165) is 9.87 Å². The maximum atomic E-state index is 12.8. The third-order valence-corrected chi connectivity index (χ3v) is 5.53. The van der Waals surface area contributed by atoms with Crippen LogP contribution in [0, 0.1) is 0 Å². The van der Waals surface area contributed by atoms with E-state index in [0.29, 0.717) is 11.4 Å². The lowest BCUT2D eigenvalue weighted by Crippen LogP contribution is -2.48. The van der Waals surface area contributed by atoms with Crippen molar-refractivity contribution in [3.05, 3.63) is 54.1 Å². The molecule has 23 heavy (non-hydrogen) atoms. The number of carbonyl (C=O) groups is 1. The van der Waals surface area contributed by atoms with E-state index >= 15 is 0 Å². The zero-order chi connectivity index (χ0) is 16.6. The average Bonchev–Trinajstić information content (AvgIpc) is 2.57. The molecule has 0 saturated carbocycles. The Kier molecular flexibility index (Phi) is 3.73. The summed E-state index contributed by atoms with van der Waals surface area (Å²) >= 11 is 0. The summed E-state index contributed by atoms with van der Waals surface area (Å²) in [4.78, 5) is 14.0. The molecule has 0 radical (unpaired) electrons. The Bertz CT molecular complexity index is 850. The molecule has 0 N–H and O–H groups in total. The number of carbonyl (C=O) groups excluding carboxylic acids is 1. The van der Waals surface area contributed by atoms with Gasteiger partial charge >= 0.3 is 6.03 Å². The Labute approximate surface area is 134 Å². The number of hydrogen-bond acceptors (Lipinski definition) is 4. The summed E-state index contributed by atoms with van der Waals surface area (Å²) in [5, 5.41) is 0. The van der Waals surface area contributed by atoms with Crippen molar-refractivity contribution < 1.29 is 17.9 Å². The van der Waals surface area contributed by atoms with Crippen LogP contribution in [0.2, 0.25) is 0 Å². The van der Waals surface area contributed by atoms with Gasteiger partial charge in [-0.25, -0.2) is 17.5 Å². The maximum absolute atomic E-state index is 12.8. The number of anilines is 1. The van der Waals surface area contributed by atoms with E-state index in [1.807, 2.05) is 6.07 Å². The molecule has 0 spiro atoms. The predicted molar refractivity (Wildman–Crippen MR) is 86.0 cm³/mol. The van der Waals surface area contributed by atoms with Crippen LogP contribution >= 0.6 is 0 Å². The molecule has 0 unspecified atom stereocenters. The Hall–Kier alpha value is -2.54.